The van der Waals surface area contributed by atoms with Crippen LogP contribution in [-0.4, -0.2) is 4.98 Å². The van der Waals surface area contributed by atoms with E-state index >= 15 is 0 Å². The van der Waals surface area contributed by atoms with Gasteiger partial charge in [0.25, 0.3) is 0 Å². The molecular formula is C24H27N2O+. The summed E-state index contributed by atoms with van der Waals surface area (Å²) in [7, 11) is 1.83. The molecule has 3 heteroatoms. The summed E-state index contributed by atoms with van der Waals surface area (Å²) in [4.78, 5) is 4.52. The van der Waals surface area contributed by atoms with E-state index < -0.39 is 19.1 Å². The number of aryl methyl sites for hydroxylation is 4. The van der Waals surface area contributed by atoms with Gasteiger partial charge in [0.2, 0.25) is 11.4 Å². The number of hydrogen-bond acceptors (Lipinski definition) is 2. The predicted octanol–water partition coefficient (Wildman–Crippen LogP) is 5.78. The Balaban J connectivity index is 2.08. The Bertz CT molecular complexity index is 1350. The SMILES string of the molecule is [2H]C([2H])C([2H])(C)c1c[n+](C)c(-c2c(C)ccc3c2oc2nc(C)ccc23)cc1C([2H])([2H])C. The Morgan fingerprint density at radius 3 is 2.78 bits per heavy atom. The monoisotopic (exact) mass is 364 g/mol. The van der Waals surface area contributed by atoms with Crippen LogP contribution in [0.1, 0.15) is 55.9 Å². The number of rotatable bonds is 3. The highest BCUT2D eigenvalue weighted by Gasteiger charge is 2.23. The molecule has 0 radical (unpaired) electrons. The fourth-order valence-electron chi connectivity index (χ4n) is 3.65. The van der Waals surface area contributed by atoms with Crippen LogP contribution < -0.4 is 4.57 Å². The van der Waals surface area contributed by atoms with Crippen molar-refractivity contribution in [3.63, 3.8) is 0 Å². The van der Waals surface area contributed by atoms with Crippen LogP contribution in [0.3, 0.4) is 0 Å². The average molecular weight is 365 g/mol. The second-order valence-corrected chi connectivity index (χ2v) is 7.07. The Labute approximate surface area is 167 Å². The van der Waals surface area contributed by atoms with Crippen LogP contribution in [0, 0.1) is 13.8 Å². The molecule has 0 spiro atoms. The van der Waals surface area contributed by atoms with Gasteiger partial charge in [-0.25, -0.2) is 9.55 Å². The van der Waals surface area contributed by atoms with Crippen LogP contribution >= 0.6 is 0 Å². The lowest BCUT2D eigenvalue weighted by Gasteiger charge is -2.13. The first-order chi connectivity index (χ1) is 14.8. The molecule has 3 nitrogen and oxygen atoms in total. The Kier molecular flexibility index (Phi) is 3.04. The van der Waals surface area contributed by atoms with Crippen molar-refractivity contribution in [2.45, 2.75) is 46.8 Å². The van der Waals surface area contributed by atoms with Crippen molar-refractivity contribution >= 4 is 22.1 Å². The second kappa shape index (κ2) is 6.49. The van der Waals surface area contributed by atoms with Gasteiger partial charge in [0.1, 0.15) is 7.05 Å². The summed E-state index contributed by atoms with van der Waals surface area (Å²) in [5.41, 5.74) is 5.26. The lowest BCUT2D eigenvalue weighted by Crippen LogP contribution is -2.32. The molecule has 1 atom stereocenters. The molecule has 0 aliphatic rings. The maximum Gasteiger partial charge on any atom is 0.227 e. The van der Waals surface area contributed by atoms with Gasteiger partial charge in [0, 0.05) is 34.9 Å². The Morgan fingerprint density at radius 1 is 1.26 bits per heavy atom. The Morgan fingerprint density at radius 2 is 2.04 bits per heavy atom. The fourth-order valence-corrected chi connectivity index (χ4v) is 3.65. The van der Waals surface area contributed by atoms with E-state index in [0.29, 0.717) is 22.4 Å². The van der Waals surface area contributed by atoms with E-state index in [1.807, 2.05) is 49.7 Å². The molecule has 1 aromatic carbocycles. The van der Waals surface area contributed by atoms with Gasteiger partial charge in [-0.05, 0) is 49.4 Å². The molecular weight excluding hydrogens is 332 g/mol. The summed E-state index contributed by atoms with van der Waals surface area (Å²) in [6, 6.07) is 9.70. The molecule has 0 saturated carbocycles. The van der Waals surface area contributed by atoms with Crippen molar-refractivity contribution in [2.75, 3.05) is 0 Å². The van der Waals surface area contributed by atoms with Crippen LogP contribution in [0.5, 0.6) is 0 Å². The molecule has 3 aromatic heterocycles. The predicted molar refractivity (Wildman–Crippen MR) is 111 cm³/mol. The van der Waals surface area contributed by atoms with Gasteiger partial charge in [-0.2, -0.15) is 0 Å². The van der Waals surface area contributed by atoms with Gasteiger partial charge in [-0.1, -0.05) is 32.9 Å². The number of benzene rings is 1. The zero-order valence-corrected chi connectivity index (χ0v) is 16.3. The molecule has 0 aliphatic carbocycles. The largest absolute Gasteiger partial charge is 0.437 e. The van der Waals surface area contributed by atoms with E-state index in [4.69, 9.17) is 11.3 Å². The van der Waals surface area contributed by atoms with Crippen LogP contribution in [0.15, 0.2) is 40.9 Å². The summed E-state index contributed by atoms with van der Waals surface area (Å²) >= 11 is 0. The minimum atomic E-state index is -1.76. The fraction of sp³-hybridized carbons (Fsp3) is 0.333. The molecule has 0 aliphatic heterocycles. The minimum absolute atomic E-state index is 0.300. The number of pyridine rings is 2. The normalized spacial score (nSPS) is 17.3. The second-order valence-electron chi connectivity index (χ2n) is 7.07. The third-order valence-corrected chi connectivity index (χ3v) is 5.08. The third-order valence-electron chi connectivity index (χ3n) is 5.08. The highest BCUT2D eigenvalue weighted by atomic mass is 16.3. The molecule has 0 fully saturated rings. The molecule has 1 unspecified atom stereocenters. The van der Waals surface area contributed by atoms with Gasteiger partial charge < -0.3 is 4.42 Å². The van der Waals surface area contributed by atoms with Crippen LogP contribution in [0.2, 0.25) is 0 Å². The standard InChI is InChI=1S/C24H27N2O/c1-7-17-12-21(26(6)13-20(17)14(2)3)22-15(4)8-10-18-19-11-9-16(5)25-24(19)27-23(18)22/h8-14H,7H2,1-6H3/q+1/i2D2,7D2,14D. The topological polar surface area (TPSA) is 29.9 Å². The highest BCUT2D eigenvalue weighted by Crippen LogP contribution is 2.37. The number of aromatic nitrogens is 2. The molecule has 0 amide bonds. The van der Waals surface area contributed by atoms with E-state index in [1.54, 1.807) is 12.3 Å². The van der Waals surface area contributed by atoms with Crippen molar-refractivity contribution < 1.29 is 15.8 Å². The van der Waals surface area contributed by atoms with E-state index in [1.165, 1.54) is 13.8 Å². The number of furan rings is 1. The summed E-state index contributed by atoms with van der Waals surface area (Å²) in [6.45, 7) is 5.35. The molecule has 0 bridgehead atoms. The van der Waals surface area contributed by atoms with Crippen molar-refractivity contribution in [1.29, 1.82) is 0 Å². The summed E-state index contributed by atoms with van der Waals surface area (Å²) < 4.78 is 49.2. The van der Waals surface area contributed by atoms with E-state index in [9.17, 15) is 0 Å². The lowest BCUT2D eigenvalue weighted by molar-refractivity contribution is -0.660. The molecule has 138 valence electrons. The average Bonchev–Trinajstić information content (AvgIpc) is 3.04. The van der Waals surface area contributed by atoms with Gasteiger partial charge in [0.05, 0.1) is 5.56 Å². The van der Waals surface area contributed by atoms with E-state index in [2.05, 4.69) is 4.98 Å². The van der Waals surface area contributed by atoms with E-state index in [0.717, 1.165) is 33.3 Å². The van der Waals surface area contributed by atoms with Gasteiger partial charge >= 0.3 is 0 Å². The zero-order chi connectivity index (χ0) is 23.6. The third kappa shape index (κ3) is 2.82. The summed E-state index contributed by atoms with van der Waals surface area (Å²) in [6.07, 6.45) is -0.0811. The lowest BCUT2D eigenvalue weighted by atomic mass is 9.94. The van der Waals surface area contributed by atoms with Gasteiger partial charge in [-0.3, -0.25) is 0 Å². The van der Waals surface area contributed by atoms with Gasteiger partial charge in [0.15, 0.2) is 11.8 Å². The summed E-state index contributed by atoms with van der Waals surface area (Å²) in [5.74, 6) is -1.59. The van der Waals surface area contributed by atoms with Crippen molar-refractivity contribution in [2.24, 2.45) is 7.05 Å². The number of fused-ring (bicyclic) bond motifs is 3. The van der Waals surface area contributed by atoms with Crippen LogP contribution in [-0.2, 0) is 13.4 Å². The van der Waals surface area contributed by atoms with Gasteiger partial charge in [-0.15, -0.1) is 0 Å². The maximum absolute atomic E-state index is 8.60. The molecule has 3 heterocycles. The molecule has 0 N–H and O–H groups in total. The van der Waals surface area contributed by atoms with Crippen LogP contribution in [0.4, 0.5) is 0 Å². The van der Waals surface area contributed by atoms with Crippen LogP contribution in [0.25, 0.3) is 33.3 Å². The van der Waals surface area contributed by atoms with Crippen molar-refractivity contribution in [3.8, 4) is 11.3 Å². The highest BCUT2D eigenvalue weighted by molar-refractivity contribution is 6.08. The molecule has 4 rings (SSSR count). The first-order valence-electron chi connectivity index (χ1n) is 11.7. The number of hydrogen-bond donors (Lipinski definition) is 0. The van der Waals surface area contributed by atoms with Crippen molar-refractivity contribution in [1.82, 2.24) is 4.98 Å². The smallest absolute Gasteiger partial charge is 0.227 e. The Hall–Kier alpha value is -2.68. The molecule has 4 aromatic rings. The van der Waals surface area contributed by atoms with E-state index in [-0.39, 0.29) is 0 Å². The summed E-state index contributed by atoms with van der Waals surface area (Å²) in [5, 5.41) is 1.85. The zero-order valence-electron chi connectivity index (χ0n) is 21.3. The quantitative estimate of drug-likeness (QED) is 0.432. The maximum atomic E-state index is 8.60. The number of nitrogens with zero attached hydrogens (tertiary/aromatic N) is 2. The first kappa shape index (κ1) is 12.7. The van der Waals surface area contributed by atoms with Crippen molar-refractivity contribution in [3.05, 3.63) is 58.9 Å². The first-order valence-corrected chi connectivity index (χ1v) is 9.01. The molecule has 27 heavy (non-hydrogen) atoms. The molecule has 0 saturated heterocycles. The minimum Gasteiger partial charge on any atom is -0.437 e.